The highest BCUT2D eigenvalue weighted by Gasteiger charge is 2.48. The Hall–Kier alpha value is -1.99. The number of hydrogen-bond acceptors (Lipinski definition) is 4. The van der Waals surface area contributed by atoms with Crippen LogP contribution in [0.5, 0.6) is 0 Å². The zero-order valence-corrected chi connectivity index (χ0v) is 16.6. The maximum Gasteiger partial charge on any atom is 0.253 e. The second-order valence-electron chi connectivity index (χ2n) is 5.62. The predicted molar refractivity (Wildman–Crippen MR) is 110 cm³/mol. The molecular weight excluding hydrogens is 431 g/mol. The lowest BCUT2D eigenvalue weighted by Crippen LogP contribution is -2.62. The second-order valence-corrected chi connectivity index (χ2v) is 7.12. The third kappa shape index (κ3) is 3.71. The first-order chi connectivity index (χ1) is 12.8. The van der Waals surface area contributed by atoms with E-state index in [1.807, 2.05) is 0 Å². The average molecular weight is 442 g/mol. The van der Waals surface area contributed by atoms with Gasteiger partial charge in [-0.25, -0.2) is 0 Å². The molecule has 0 atom stereocenters. The molecule has 0 bridgehead atoms. The van der Waals surface area contributed by atoms with Gasteiger partial charge in [0.25, 0.3) is 11.8 Å². The maximum atomic E-state index is 12.9. The van der Waals surface area contributed by atoms with E-state index in [1.165, 1.54) is 0 Å². The van der Waals surface area contributed by atoms with Gasteiger partial charge in [-0.1, -0.05) is 23.2 Å². The van der Waals surface area contributed by atoms with Gasteiger partial charge in [-0.05, 0) is 60.7 Å². The fraction of sp³-hybridized carbons (Fsp3) is 0.111. The Morgan fingerprint density at radius 2 is 1.22 bits per heavy atom. The number of ketones is 1. The minimum atomic E-state index is -1.58. The van der Waals surface area contributed by atoms with E-state index in [4.69, 9.17) is 47.0 Å². The van der Waals surface area contributed by atoms with Crippen LogP contribution in [0.15, 0.2) is 48.5 Å². The summed E-state index contributed by atoms with van der Waals surface area (Å²) >= 11 is 22.8. The first-order valence-electron chi connectivity index (χ1n) is 7.67. The monoisotopic (exact) mass is 440 g/mol. The lowest BCUT2D eigenvalue weighted by atomic mass is 9.98. The molecule has 1 aliphatic heterocycles. The van der Waals surface area contributed by atoms with E-state index in [2.05, 4.69) is 0 Å². The normalized spacial score (nSPS) is 15.4. The molecule has 1 saturated heterocycles. The number of alkyl halides is 1. The van der Waals surface area contributed by atoms with E-state index in [9.17, 15) is 14.4 Å². The predicted octanol–water partition coefficient (Wildman–Crippen LogP) is 4.08. The van der Waals surface area contributed by atoms with Crippen LogP contribution >= 0.6 is 47.0 Å². The van der Waals surface area contributed by atoms with E-state index >= 15 is 0 Å². The van der Waals surface area contributed by atoms with Crippen LogP contribution in [0.25, 0.3) is 0 Å². The maximum absolute atomic E-state index is 12.9. The van der Waals surface area contributed by atoms with Crippen molar-refractivity contribution in [2.24, 2.45) is 5.92 Å². The van der Waals surface area contributed by atoms with Gasteiger partial charge < -0.3 is 0 Å². The molecule has 0 aromatic heterocycles. The average Bonchev–Trinajstić information content (AvgIpc) is 2.64. The lowest BCUT2D eigenvalue weighted by molar-refractivity contribution is -0.138. The Kier molecular flexibility index (Phi) is 5.81. The first kappa shape index (κ1) is 19.8. The number of carbonyl (C=O) groups excluding carboxylic acids is 3. The van der Waals surface area contributed by atoms with Gasteiger partial charge in [-0.15, -0.1) is 11.6 Å². The molecule has 3 rings (SSSR count). The fourth-order valence-electron chi connectivity index (χ4n) is 2.66. The molecule has 1 heterocycles. The van der Waals surface area contributed by atoms with Crippen LogP contribution in [-0.4, -0.2) is 28.6 Å². The summed E-state index contributed by atoms with van der Waals surface area (Å²) in [6, 6.07) is 12.6. The molecule has 2 amide bonds. The van der Waals surface area contributed by atoms with Crippen molar-refractivity contribution < 1.29 is 14.4 Å². The molecule has 0 N–H and O–H groups in total. The van der Waals surface area contributed by atoms with Crippen molar-refractivity contribution in [1.29, 1.82) is 0 Å². The molecule has 5 nitrogen and oxygen atoms in total. The minimum absolute atomic E-state index is 0.0757. The molecule has 0 aliphatic carbocycles. The van der Waals surface area contributed by atoms with Gasteiger partial charge in [0.2, 0.25) is 0 Å². The van der Waals surface area contributed by atoms with Gasteiger partial charge in [-0.3, -0.25) is 24.2 Å². The first-order valence-corrected chi connectivity index (χ1v) is 9.36. The van der Waals surface area contributed by atoms with Crippen molar-refractivity contribution in [3.63, 3.8) is 0 Å². The van der Waals surface area contributed by atoms with Crippen molar-refractivity contribution in [2.45, 2.75) is 0 Å². The summed E-state index contributed by atoms with van der Waals surface area (Å²) in [5.74, 6) is -4.25. The Morgan fingerprint density at radius 1 is 0.852 bits per heavy atom. The SMILES string of the molecule is O=C(CCl)C1C(=O)N(c2ccc(Cl)cc2)C(=S)N(c2ccc(Cl)cc2)C1=O. The number of Topliss-reactive ketones (excluding diaryl/α,β-unsaturated/α-hetero) is 1. The van der Waals surface area contributed by atoms with Crippen LogP contribution in [0, 0.1) is 5.92 Å². The second kappa shape index (κ2) is 7.94. The molecule has 0 spiro atoms. The van der Waals surface area contributed by atoms with Gasteiger partial charge in [0, 0.05) is 10.0 Å². The van der Waals surface area contributed by atoms with Crippen LogP contribution in [0.1, 0.15) is 0 Å². The van der Waals surface area contributed by atoms with Gasteiger partial charge in [0.15, 0.2) is 16.8 Å². The number of carbonyl (C=O) groups is 3. The summed E-state index contributed by atoms with van der Waals surface area (Å²) in [5.41, 5.74) is 0.765. The number of anilines is 2. The quantitative estimate of drug-likeness (QED) is 0.407. The largest absolute Gasteiger partial charge is 0.297 e. The molecule has 0 unspecified atom stereocenters. The topological polar surface area (TPSA) is 57.7 Å². The van der Waals surface area contributed by atoms with Crippen LogP contribution in [0.2, 0.25) is 10.0 Å². The van der Waals surface area contributed by atoms with Crippen molar-refractivity contribution in [1.82, 2.24) is 0 Å². The molecule has 1 fully saturated rings. The summed E-state index contributed by atoms with van der Waals surface area (Å²) in [6.07, 6.45) is 0. The number of thiocarbonyl (C=S) groups is 1. The standard InChI is InChI=1S/C18H11Cl3N2O3S/c19-9-14(24)15-16(25)22(12-5-1-10(20)2-6-12)18(27)23(17(15)26)13-7-3-11(21)4-8-13/h1-8,15H,9H2. The summed E-state index contributed by atoms with van der Waals surface area (Å²) in [5, 5.41) is 0.856. The van der Waals surface area contributed by atoms with Crippen molar-refractivity contribution >= 4 is 81.1 Å². The highest BCUT2D eigenvalue weighted by Crippen LogP contribution is 2.31. The number of amides is 2. The summed E-state index contributed by atoms with van der Waals surface area (Å²) < 4.78 is 0. The van der Waals surface area contributed by atoms with Gasteiger partial charge >= 0.3 is 0 Å². The van der Waals surface area contributed by atoms with Gasteiger partial charge in [0.1, 0.15) is 0 Å². The zero-order chi connectivity index (χ0) is 19.7. The van der Waals surface area contributed by atoms with Crippen molar-refractivity contribution in [3.8, 4) is 0 Å². The van der Waals surface area contributed by atoms with E-state index in [0.29, 0.717) is 21.4 Å². The highest BCUT2D eigenvalue weighted by molar-refractivity contribution is 7.81. The van der Waals surface area contributed by atoms with Gasteiger partial charge in [0.05, 0.1) is 17.3 Å². The molecular formula is C18H11Cl3N2O3S. The molecule has 9 heteroatoms. The molecule has 0 saturated carbocycles. The van der Waals surface area contributed by atoms with E-state index < -0.39 is 29.4 Å². The molecule has 27 heavy (non-hydrogen) atoms. The zero-order valence-electron chi connectivity index (χ0n) is 13.6. The third-order valence-corrected chi connectivity index (χ3v) is 5.07. The smallest absolute Gasteiger partial charge is 0.253 e. The van der Waals surface area contributed by atoms with E-state index in [0.717, 1.165) is 9.80 Å². The lowest BCUT2D eigenvalue weighted by Gasteiger charge is -2.38. The van der Waals surface area contributed by atoms with E-state index in [-0.39, 0.29) is 5.11 Å². The van der Waals surface area contributed by atoms with Crippen molar-refractivity contribution in [2.75, 3.05) is 15.7 Å². The minimum Gasteiger partial charge on any atom is -0.297 e. The summed E-state index contributed by atoms with van der Waals surface area (Å²) in [7, 11) is 0. The molecule has 2 aromatic rings. The molecule has 1 aliphatic rings. The Bertz CT molecular complexity index is 864. The fourth-order valence-corrected chi connectivity index (χ4v) is 3.46. The number of benzene rings is 2. The van der Waals surface area contributed by atoms with Crippen LogP contribution in [0.4, 0.5) is 11.4 Å². The van der Waals surface area contributed by atoms with Crippen LogP contribution in [-0.2, 0) is 14.4 Å². The number of nitrogens with zero attached hydrogens (tertiary/aromatic N) is 2. The Labute approximate surface area is 175 Å². The number of halogens is 3. The molecule has 2 aromatic carbocycles. The number of hydrogen-bond donors (Lipinski definition) is 0. The summed E-state index contributed by atoms with van der Waals surface area (Å²) in [6.45, 7) is 0. The van der Waals surface area contributed by atoms with Gasteiger partial charge in [-0.2, -0.15) is 0 Å². The van der Waals surface area contributed by atoms with Crippen LogP contribution < -0.4 is 9.80 Å². The molecule has 0 radical (unpaired) electrons. The third-order valence-electron chi connectivity index (χ3n) is 3.94. The summed E-state index contributed by atoms with van der Waals surface area (Å²) in [4.78, 5) is 40.4. The number of rotatable bonds is 4. The Balaban J connectivity index is 2.12. The van der Waals surface area contributed by atoms with E-state index in [1.54, 1.807) is 48.5 Å². The Morgan fingerprint density at radius 3 is 1.56 bits per heavy atom. The molecule has 138 valence electrons. The van der Waals surface area contributed by atoms with Crippen molar-refractivity contribution in [3.05, 3.63) is 58.6 Å². The highest BCUT2D eigenvalue weighted by atomic mass is 35.5. The van der Waals surface area contributed by atoms with Crippen LogP contribution in [0.3, 0.4) is 0 Å².